The zero-order valence-electron chi connectivity index (χ0n) is 9.62. The van der Waals surface area contributed by atoms with E-state index >= 15 is 0 Å². The largest absolute Gasteiger partial charge is 0.377 e. The van der Waals surface area contributed by atoms with E-state index < -0.39 is 0 Å². The summed E-state index contributed by atoms with van der Waals surface area (Å²) in [5.41, 5.74) is 1.18. The molecule has 15 heavy (non-hydrogen) atoms. The maximum atomic E-state index is 5.47. The summed E-state index contributed by atoms with van der Waals surface area (Å²) in [6.45, 7) is 6.71. The molecular weight excluding hydrogens is 188 g/mol. The van der Waals surface area contributed by atoms with Crippen LogP contribution in [0.5, 0.6) is 0 Å². The van der Waals surface area contributed by atoms with E-state index in [4.69, 9.17) is 4.74 Å². The van der Waals surface area contributed by atoms with E-state index in [2.05, 4.69) is 24.1 Å². The maximum absolute atomic E-state index is 5.47. The van der Waals surface area contributed by atoms with Gasteiger partial charge >= 0.3 is 0 Å². The first-order chi connectivity index (χ1) is 7.36. The second-order valence-electron chi connectivity index (χ2n) is 3.53. The van der Waals surface area contributed by atoms with E-state index in [0.717, 1.165) is 31.8 Å². The summed E-state index contributed by atoms with van der Waals surface area (Å²) in [4.78, 5) is 4.24. The molecule has 0 unspecified atom stereocenters. The SMILES string of the molecule is CCCNc1cc(COCCC)ccn1. The van der Waals surface area contributed by atoms with Crippen LogP contribution in [-0.2, 0) is 11.3 Å². The zero-order valence-corrected chi connectivity index (χ0v) is 9.62. The van der Waals surface area contributed by atoms with Crippen molar-refractivity contribution < 1.29 is 4.74 Å². The van der Waals surface area contributed by atoms with Gasteiger partial charge in [-0.3, -0.25) is 0 Å². The zero-order chi connectivity index (χ0) is 10.9. The lowest BCUT2D eigenvalue weighted by Crippen LogP contribution is -2.02. The Labute approximate surface area is 91.9 Å². The Morgan fingerprint density at radius 3 is 2.93 bits per heavy atom. The lowest BCUT2D eigenvalue weighted by Gasteiger charge is -2.06. The van der Waals surface area contributed by atoms with Crippen molar-refractivity contribution in [1.82, 2.24) is 4.98 Å². The number of ether oxygens (including phenoxy) is 1. The standard InChI is InChI=1S/C12H20N2O/c1-3-6-13-12-9-11(5-7-14-12)10-15-8-4-2/h5,7,9H,3-4,6,8,10H2,1-2H3,(H,13,14). The first-order valence-corrected chi connectivity index (χ1v) is 5.63. The highest BCUT2D eigenvalue weighted by atomic mass is 16.5. The molecule has 0 spiro atoms. The first kappa shape index (κ1) is 12.0. The number of hydrogen-bond donors (Lipinski definition) is 1. The van der Waals surface area contributed by atoms with Gasteiger partial charge in [0, 0.05) is 19.3 Å². The Morgan fingerprint density at radius 2 is 2.20 bits per heavy atom. The Morgan fingerprint density at radius 1 is 1.33 bits per heavy atom. The van der Waals surface area contributed by atoms with Crippen molar-refractivity contribution in [1.29, 1.82) is 0 Å². The monoisotopic (exact) mass is 208 g/mol. The van der Waals surface area contributed by atoms with Crippen LogP contribution in [0.1, 0.15) is 32.3 Å². The van der Waals surface area contributed by atoms with Crippen LogP contribution in [0, 0.1) is 0 Å². The van der Waals surface area contributed by atoms with E-state index in [1.54, 1.807) is 0 Å². The molecule has 0 bridgehead atoms. The number of hydrogen-bond acceptors (Lipinski definition) is 3. The molecule has 3 heteroatoms. The molecule has 1 heterocycles. The lowest BCUT2D eigenvalue weighted by molar-refractivity contribution is 0.121. The summed E-state index contributed by atoms with van der Waals surface area (Å²) in [5.74, 6) is 0.939. The molecule has 0 aliphatic heterocycles. The number of aromatic nitrogens is 1. The minimum Gasteiger partial charge on any atom is -0.377 e. The molecule has 0 radical (unpaired) electrons. The second-order valence-corrected chi connectivity index (χ2v) is 3.53. The predicted molar refractivity (Wildman–Crippen MR) is 63.0 cm³/mol. The Hall–Kier alpha value is -1.09. The Bertz CT molecular complexity index is 276. The van der Waals surface area contributed by atoms with Crippen LogP contribution < -0.4 is 5.32 Å². The molecule has 1 N–H and O–H groups in total. The van der Waals surface area contributed by atoms with Gasteiger partial charge in [-0.1, -0.05) is 13.8 Å². The normalized spacial score (nSPS) is 10.3. The number of anilines is 1. The van der Waals surface area contributed by atoms with E-state index in [0.29, 0.717) is 6.61 Å². The van der Waals surface area contributed by atoms with Crippen LogP contribution in [0.4, 0.5) is 5.82 Å². The summed E-state index contributed by atoms with van der Waals surface area (Å²) in [6, 6.07) is 4.04. The van der Waals surface area contributed by atoms with Gasteiger partial charge < -0.3 is 10.1 Å². The summed E-state index contributed by atoms with van der Waals surface area (Å²) < 4.78 is 5.47. The van der Waals surface area contributed by atoms with Gasteiger partial charge in [0.05, 0.1) is 6.61 Å². The van der Waals surface area contributed by atoms with Gasteiger partial charge in [0.2, 0.25) is 0 Å². The second kappa shape index (κ2) is 7.23. The third-order valence-electron chi connectivity index (χ3n) is 2.00. The maximum Gasteiger partial charge on any atom is 0.126 e. The molecule has 1 aromatic heterocycles. The van der Waals surface area contributed by atoms with Crippen LogP contribution in [0.25, 0.3) is 0 Å². The average Bonchev–Trinajstić information content (AvgIpc) is 2.27. The highest BCUT2D eigenvalue weighted by Gasteiger charge is 1.96. The summed E-state index contributed by atoms with van der Waals surface area (Å²) in [6.07, 6.45) is 3.99. The highest BCUT2D eigenvalue weighted by molar-refractivity contribution is 5.37. The molecule has 0 atom stereocenters. The van der Waals surface area contributed by atoms with Gasteiger partial charge in [-0.2, -0.15) is 0 Å². The van der Waals surface area contributed by atoms with Gasteiger partial charge in [0.25, 0.3) is 0 Å². The van der Waals surface area contributed by atoms with Gasteiger partial charge in [0.15, 0.2) is 0 Å². The predicted octanol–water partition coefficient (Wildman–Crippen LogP) is 2.83. The van der Waals surface area contributed by atoms with Crippen LogP contribution in [0.2, 0.25) is 0 Å². The minimum atomic E-state index is 0.678. The molecule has 0 saturated heterocycles. The summed E-state index contributed by atoms with van der Waals surface area (Å²) in [7, 11) is 0. The van der Waals surface area contributed by atoms with Crippen molar-refractivity contribution in [2.45, 2.75) is 33.3 Å². The fourth-order valence-corrected chi connectivity index (χ4v) is 1.25. The van der Waals surface area contributed by atoms with Crippen molar-refractivity contribution in [3.63, 3.8) is 0 Å². The van der Waals surface area contributed by atoms with Crippen LogP contribution in [-0.4, -0.2) is 18.1 Å². The Kier molecular flexibility index (Phi) is 5.78. The quantitative estimate of drug-likeness (QED) is 0.700. The smallest absolute Gasteiger partial charge is 0.126 e. The molecule has 0 aliphatic carbocycles. The molecule has 0 saturated carbocycles. The van der Waals surface area contributed by atoms with Crippen LogP contribution in [0.15, 0.2) is 18.3 Å². The third kappa shape index (κ3) is 4.79. The summed E-state index contributed by atoms with van der Waals surface area (Å²) in [5, 5.41) is 3.26. The van der Waals surface area contributed by atoms with E-state index in [1.165, 1.54) is 5.56 Å². The topological polar surface area (TPSA) is 34.1 Å². The van der Waals surface area contributed by atoms with E-state index in [9.17, 15) is 0 Å². The molecule has 3 nitrogen and oxygen atoms in total. The van der Waals surface area contributed by atoms with Gasteiger partial charge in [0.1, 0.15) is 5.82 Å². The molecule has 0 fully saturated rings. The van der Waals surface area contributed by atoms with E-state index in [1.807, 2.05) is 18.3 Å². The molecule has 1 rings (SSSR count). The Balaban J connectivity index is 2.42. The van der Waals surface area contributed by atoms with Crippen molar-refractivity contribution in [2.75, 3.05) is 18.5 Å². The fourth-order valence-electron chi connectivity index (χ4n) is 1.25. The number of rotatable bonds is 7. The van der Waals surface area contributed by atoms with Gasteiger partial charge in [-0.25, -0.2) is 4.98 Å². The third-order valence-corrected chi connectivity index (χ3v) is 2.00. The fraction of sp³-hybridized carbons (Fsp3) is 0.583. The molecular formula is C12H20N2O. The minimum absolute atomic E-state index is 0.678. The van der Waals surface area contributed by atoms with Crippen molar-refractivity contribution in [3.8, 4) is 0 Å². The first-order valence-electron chi connectivity index (χ1n) is 5.63. The summed E-state index contributed by atoms with van der Waals surface area (Å²) >= 11 is 0. The van der Waals surface area contributed by atoms with Crippen LogP contribution in [0.3, 0.4) is 0 Å². The molecule has 1 aromatic rings. The van der Waals surface area contributed by atoms with E-state index in [-0.39, 0.29) is 0 Å². The van der Waals surface area contributed by atoms with Crippen LogP contribution >= 0.6 is 0 Å². The number of pyridine rings is 1. The number of nitrogens with one attached hydrogen (secondary N) is 1. The van der Waals surface area contributed by atoms with Crippen molar-refractivity contribution in [3.05, 3.63) is 23.9 Å². The molecule has 0 aromatic carbocycles. The highest BCUT2D eigenvalue weighted by Crippen LogP contribution is 2.08. The van der Waals surface area contributed by atoms with Crippen molar-refractivity contribution in [2.24, 2.45) is 0 Å². The molecule has 0 aliphatic rings. The van der Waals surface area contributed by atoms with Gasteiger partial charge in [-0.05, 0) is 30.5 Å². The molecule has 84 valence electrons. The molecule has 0 amide bonds. The number of nitrogens with zero attached hydrogens (tertiary/aromatic N) is 1. The van der Waals surface area contributed by atoms with Gasteiger partial charge in [-0.15, -0.1) is 0 Å². The van der Waals surface area contributed by atoms with Crippen molar-refractivity contribution >= 4 is 5.82 Å². The lowest BCUT2D eigenvalue weighted by atomic mass is 10.3. The average molecular weight is 208 g/mol.